The average molecular weight is 416 g/mol. The first kappa shape index (κ1) is 19.1. The second-order valence-electron chi connectivity index (χ2n) is 6.38. The Hall–Kier alpha value is -3.23. The van der Waals surface area contributed by atoms with E-state index in [0.29, 0.717) is 28.6 Å². The van der Waals surface area contributed by atoms with E-state index in [4.69, 9.17) is 17.3 Å². The number of carbonyl (C=O) groups excluding carboxylic acids is 1. The molecule has 0 radical (unpaired) electrons. The minimum atomic E-state index is -0.561. The van der Waals surface area contributed by atoms with Gasteiger partial charge in [0.05, 0.1) is 18.1 Å². The molecule has 1 aliphatic heterocycles. The SMILES string of the molecule is NCC(=O)N1C=Cn2c(nc(-c3ccc(F)cc3)c2Nc2ccc(Cl)c(F)c2)C1. The fourth-order valence-electron chi connectivity index (χ4n) is 3.03. The number of imidazole rings is 1. The van der Waals surface area contributed by atoms with E-state index in [1.54, 1.807) is 35.2 Å². The third kappa shape index (κ3) is 3.72. The molecule has 2 aromatic carbocycles. The van der Waals surface area contributed by atoms with Crippen LogP contribution in [0.15, 0.2) is 48.7 Å². The van der Waals surface area contributed by atoms with Crippen molar-refractivity contribution in [3.8, 4) is 11.3 Å². The van der Waals surface area contributed by atoms with Crippen molar-refractivity contribution in [1.29, 1.82) is 0 Å². The number of halogens is 3. The lowest BCUT2D eigenvalue weighted by molar-refractivity contribution is -0.127. The van der Waals surface area contributed by atoms with Crippen molar-refractivity contribution in [1.82, 2.24) is 14.5 Å². The molecule has 9 heteroatoms. The van der Waals surface area contributed by atoms with Crippen molar-refractivity contribution >= 4 is 35.2 Å². The van der Waals surface area contributed by atoms with Crippen LogP contribution in [-0.4, -0.2) is 26.9 Å². The normalized spacial score (nSPS) is 12.8. The van der Waals surface area contributed by atoms with Gasteiger partial charge in [-0.15, -0.1) is 0 Å². The van der Waals surface area contributed by atoms with E-state index >= 15 is 0 Å². The Balaban J connectivity index is 1.79. The highest BCUT2D eigenvalue weighted by atomic mass is 35.5. The molecule has 0 fully saturated rings. The number of hydrogen-bond acceptors (Lipinski definition) is 4. The highest BCUT2D eigenvalue weighted by Gasteiger charge is 2.24. The summed E-state index contributed by atoms with van der Waals surface area (Å²) in [6, 6.07) is 10.2. The predicted octanol–water partition coefficient (Wildman–Crippen LogP) is 3.95. The van der Waals surface area contributed by atoms with E-state index in [0.717, 1.165) is 0 Å². The first-order chi connectivity index (χ1) is 14.0. The highest BCUT2D eigenvalue weighted by molar-refractivity contribution is 6.30. The molecule has 6 nitrogen and oxygen atoms in total. The molecule has 29 heavy (non-hydrogen) atoms. The monoisotopic (exact) mass is 415 g/mol. The number of nitrogens with zero attached hydrogens (tertiary/aromatic N) is 3. The molecule has 4 rings (SSSR count). The summed E-state index contributed by atoms with van der Waals surface area (Å²) in [6.07, 6.45) is 3.27. The van der Waals surface area contributed by atoms with Crippen molar-refractivity contribution in [3.63, 3.8) is 0 Å². The number of anilines is 2. The van der Waals surface area contributed by atoms with Crippen molar-refractivity contribution in [2.75, 3.05) is 11.9 Å². The van der Waals surface area contributed by atoms with Gasteiger partial charge in [-0.25, -0.2) is 13.8 Å². The Morgan fingerprint density at radius 2 is 1.93 bits per heavy atom. The van der Waals surface area contributed by atoms with Crippen molar-refractivity contribution in [3.05, 3.63) is 71.1 Å². The van der Waals surface area contributed by atoms with E-state index in [-0.39, 0.29) is 29.8 Å². The molecule has 0 saturated carbocycles. The molecule has 3 aromatic rings. The zero-order valence-corrected chi connectivity index (χ0v) is 15.8. The Morgan fingerprint density at radius 3 is 2.62 bits per heavy atom. The third-order valence-corrected chi connectivity index (χ3v) is 4.79. The molecule has 0 spiro atoms. The maximum absolute atomic E-state index is 13.9. The lowest BCUT2D eigenvalue weighted by atomic mass is 10.1. The molecule has 0 bridgehead atoms. The Bertz CT molecular complexity index is 1110. The van der Waals surface area contributed by atoms with Gasteiger partial charge < -0.3 is 16.0 Å². The van der Waals surface area contributed by atoms with Gasteiger partial charge in [0.2, 0.25) is 5.91 Å². The van der Waals surface area contributed by atoms with Crippen LogP contribution in [0.25, 0.3) is 17.5 Å². The second-order valence-corrected chi connectivity index (χ2v) is 6.79. The van der Waals surface area contributed by atoms with Crippen LogP contribution < -0.4 is 11.1 Å². The average Bonchev–Trinajstić information content (AvgIpc) is 3.08. The number of nitrogens with two attached hydrogens (primary N) is 1. The molecule has 1 aliphatic rings. The van der Waals surface area contributed by atoms with Crippen molar-refractivity contribution in [2.24, 2.45) is 5.73 Å². The number of fused-ring (bicyclic) bond motifs is 1. The summed E-state index contributed by atoms with van der Waals surface area (Å²) in [5.41, 5.74) is 7.10. The van der Waals surface area contributed by atoms with Crippen LogP contribution in [0.5, 0.6) is 0 Å². The summed E-state index contributed by atoms with van der Waals surface area (Å²) in [5, 5.41) is 3.16. The summed E-state index contributed by atoms with van der Waals surface area (Å²) >= 11 is 5.76. The number of aromatic nitrogens is 2. The van der Waals surface area contributed by atoms with Crippen LogP contribution in [0.1, 0.15) is 5.82 Å². The van der Waals surface area contributed by atoms with Gasteiger partial charge in [0, 0.05) is 23.7 Å². The minimum Gasteiger partial charge on any atom is -0.339 e. The third-order valence-electron chi connectivity index (χ3n) is 4.49. The van der Waals surface area contributed by atoms with Gasteiger partial charge in [0.1, 0.15) is 29.0 Å². The molecule has 3 N–H and O–H groups in total. The van der Waals surface area contributed by atoms with Gasteiger partial charge in [-0.3, -0.25) is 9.36 Å². The maximum atomic E-state index is 13.9. The minimum absolute atomic E-state index is 0.0143. The Labute approximate surface area is 170 Å². The molecule has 0 aliphatic carbocycles. The van der Waals surface area contributed by atoms with Crippen LogP contribution >= 0.6 is 11.6 Å². The van der Waals surface area contributed by atoms with Gasteiger partial charge in [-0.05, 0) is 42.5 Å². The van der Waals surface area contributed by atoms with Crippen LogP contribution in [0.3, 0.4) is 0 Å². The molecule has 0 saturated heterocycles. The first-order valence-electron chi connectivity index (χ1n) is 8.73. The van der Waals surface area contributed by atoms with E-state index in [2.05, 4.69) is 10.3 Å². The lowest BCUT2D eigenvalue weighted by Gasteiger charge is -2.22. The number of benzene rings is 2. The summed E-state index contributed by atoms with van der Waals surface area (Å²) < 4.78 is 29.0. The number of nitrogens with one attached hydrogen (secondary N) is 1. The van der Waals surface area contributed by atoms with Crippen LogP contribution in [0, 0.1) is 11.6 Å². The Morgan fingerprint density at radius 1 is 1.17 bits per heavy atom. The zero-order chi connectivity index (χ0) is 20.5. The standard InChI is InChI=1S/C20H16ClF2N5O/c21-15-6-5-14(9-16(15)23)25-20-19(12-1-3-13(22)4-2-12)26-17-11-27(18(29)10-24)7-8-28(17)20/h1-9,25H,10-11,24H2. The maximum Gasteiger partial charge on any atom is 0.240 e. The molecule has 1 amide bonds. The number of rotatable bonds is 4. The number of hydrogen-bond donors (Lipinski definition) is 2. The van der Waals surface area contributed by atoms with Crippen molar-refractivity contribution < 1.29 is 13.6 Å². The summed E-state index contributed by atoms with van der Waals surface area (Å²) in [7, 11) is 0. The van der Waals surface area contributed by atoms with E-state index in [1.807, 2.05) is 0 Å². The fourth-order valence-corrected chi connectivity index (χ4v) is 3.15. The van der Waals surface area contributed by atoms with E-state index in [9.17, 15) is 13.6 Å². The Kier molecular flexibility index (Phi) is 5.04. The van der Waals surface area contributed by atoms with Gasteiger partial charge in [0.15, 0.2) is 0 Å². The number of amides is 1. The van der Waals surface area contributed by atoms with E-state index < -0.39 is 5.82 Å². The largest absolute Gasteiger partial charge is 0.339 e. The topological polar surface area (TPSA) is 76.2 Å². The smallest absolute Gasteiger partial charge is 0.240 e. The van der Waals surface area contributed by atoms with Crippen LogP contribution in [0.4, 0.5) is 20.3 Å². The van der Waals surface area contributed by atoms with Gasteiger partial charge in [-0.1, -0.05) is 11.6 Å². The molecule has 0 unspecified atom stereocenters. The van der Waals surface area contributed by atoms with Crippen LogP contribution in [0.2, 0.25) is 5.02 Å². The van der Waals surface area contributed by atoms with Crippen molar-refractivity contribution in [2.45, 2.75) is 6.54 Å². The van der Waals surface area contributed by atoms with Gasteiger partial charge in [0.25, 0.3) is 0 Å². The van der Waals surface area contributed by atoms with E-state index in [1.165, 1.54) is 29.2 Å². The molecule has 2 heterocycles. The molecule has 148 valence electrons. The zero-order valence-electron chi connectivity index (χ0n) is 15.1. The molecular formula is C20H16ClF2N5O. The summed E-state index contributed by atoms with van der Waals surface area (Å²) in [4.78, 5) is 18.0. The predicted molar refractivity (Wildman–Crippen MR) is 107 cm³/mol. The fraction of sp³-hybridized carbons (Fsp3) is 0.100. The highest BCUT2D eigenvalue weighted by Crippen LogP contribution is 2.34. The second kappa shape index (κ2) is 7.65. The molecule has 0 atom stereocenters. The van der Waals surface area contributed by atoms with Crippen LogP contribution in [-0.2, 0) is 11.3 Å². The molecule has 1 aromatic heterocycles. The lowest BCUT2D eigenvalue weighted by Crippen LogP contribution is -2.33. The summed E-state index contributed by atoms with van der Waals surface area (Å²) in [5.74, 6) is -0.0524. The summed E-state index contributed by atoms with van der Waals surface area (Å²) in [6.45, 7) is 0.0996. The quantitative estimate of drug-likeness (QED) is 0.676. The van der Waals surface area contributed by atoms with Gasteiger partial charge in [-0.2, -0.15) is 0 Å². The first-order valence-corrected chi connectivity index (χ1v) is 9.11. The molecular weight excluding hydrogens is 400 g/mol. The van der Waals surface area contributed by atoms with Gasteiger partial charge >= 0.3 is 0 Å². The number of carbonyl (C=O) groups is 1.